The number of hydrogen-bond acceptors (Lipinski definition) is 7. The Bertz CT molecular complexity index is 1030. The van der Waals surface area contributed by atoms with Crippen LogP contribution in [-0.2, 0) is 19.5 Å². The topological polar surface area (TPSA) is 68.7 Å². The van der Waals surface area contributed by atoms with E-state index in [1.165, 1.54) is 5.56 Å². The van der Waals surface area contributed by atoms with Crippen LogP contribution < -0.4 is 19.5 Å². The number of benzene rings is 2. The summed E-state index contributed by atoms with van der Waals surface area (Å²) in [6.07, 6.45) is 2.80. The number of methoxy groups -OCH3 is 3. The van der Waals surface area contributed by atoms with Crippen LogP contribution in [0.2, 0.25) is 0 Å². The lowest BCUT2D eigenvalue weighted by molar-refractivity contribution is 0.242. The summed E-state index contributed by atoms with van der Waals surface area (Å²) in [5.41, 5.74) is 4.29. The maximum absolute atomic E-state index is 5.42. The Hall–Kier alpha value is -3.32. The zero-order chi connectivity index (χ0) is 20.9. The normalized spacial score (nSPS) is 13.4. The van der Waals surface area contributed by atoms with Gasteiger partial charge in [0.25, 0.3) is 0 Å². The number of rotatable bonds is 7. The number of nitrogens with one attached hydrogen (secondary N) is 1. The van der Waals surface area contributed by atoms with Crippen molar-refractivity contribution >= 4 is 11.6 Å². The van der Waals surface area contributed by atoms with Gasteiger partial charge in [0, 0.05) is 37.8 Å². The van der Waals surface area contributed by atoms with Gasteiger partial charge in [-0.05, 0) is 29.8 Å². The molecule has 30 heavy (non-hydrogen) atoms. The molecule has 0 aliphatic carbocycles. The Morgan fingerprint density at radius 3 is 2.57 bits per heavy atom. The van der Waals surface area contributed by atoms with Crippen molar-refractivity contribution in [3.8, 4) is 17.2 Å². The Kier molecular flexibility index (Phi) is 5.99. The number of aromatic nitrogens is 2. The minimum absolute atomic E-state index is 0.589. The lowest BCUT2D eigenvalue weighted by Crippen LogP contribution is -2.31. The second-order valence-corrected chi connectivity index (χ2v) is 7.14. The zero-order valence-electron chi connectivity index (χ0n) is 17.5. The van der Waals surface area contributed by atoms with Crippen molar-refractivity contribution in [1.82, 2.24) is 14.9 Å². The van der Waals surface area contributed by atoms with Crippen LogP contribution in [0, 0.1) is 0 Å². The van der Waals surface area contributed by atoms with Gasteiger partial charge in [-0.2, -0.15) is 0 Å². The van der Waals surface area contributed by atoms with Gasteiger partial charge in [0.1, 0.15) is 5.75 Å². The second-order valence-electron chi connectivity index (χ2n) is 7.14. The van der Waals surface area contributed by atoms with Gasteiger partial charge in [-0.1, -0.05) is 18.2 Å². The number of anilines is 2. The molecule has 2 aromatic carbocycles. The predicted octanol–water partition coefficient (Wildman–Crippen LogP) is 3.80. The van der Waals surface area contributed by atoms with Crippen LogP contribution in [0.1, 0.15) is 16.8 Å². The highest BCUT2D eigenvalue weighted by Gasteiger charge is 2.19. The fraction of sp³-hybridized carbons (Fsp3) is 0.304. The summed E-state index contributed by atoms with van der Waals surface area (Å²) < 4.78 is 16.1. The summed E-state index contributed by atoms with van der Waals surface area (Å²) in [7, 11) is 4.96. The molecule has 1 aliphatic rings. The molecule has 0 saturated carbocycles. The summed E-state index contributed by atoms with van der Waals surface area (Å²) in [6, 6.07) is 13.8. The molecule has 3 aromatic rings. The van der Waals surface area contributed by atoms with Crippen LogP contribution in [0.3, 0.4) is 0 Å². The number of ether oxygens (including phenoxy) is 3. The smallest absolute Gasteiger partial charge is 0.227 e. The molecule has 4 rings (SSSR count). The molecule has 0 saturated heterocycles. The third-order valence-corrected chi connectivity index (χ3v) is 5.22. The van der Waals surface area contributed by atoms with Crippen molar-refractivity contribution in [3.63, 3.8) is 0 Å². The highest BCUT2D eigenvalue weighted by Crippen LogP contribution is 2.29. The van der Waals surface area contributed by atoms with Gasteiger partial charge in [-0.3, -0.25) is 4.90 Å². The van der Waals surface area contributed by atoms with Crippen molar-refractivity contribution in [2.45, 2.75) is 19.5 Å². The third kappa shape index (κ3) is 4.31. The van der Waals surface area contributed by atoms with Crippen molar-refractivity contribution in [3.05, 3.63) is 65.5 Å². The highest BCUT2D eigenvalue weighted by atomic mass is 16.5. The van der Waals surface area contributed by atoms with E-state index in [9.17, 15) is 0 Å². The minimum atomic E-state index is 0.589. The van der Waals surface area contributed by atoms with Gasteiger partial charge >= 0.3 is 0 Å². The van der Waals surface area contributed by atoms with Gasteiger partial charge in [-0.15, -0.1) is 0 Å². The van der Waals surface area contributed by atoms with Crippen molar-refractivity contribution in [2.24, 2.45) is 0 Å². The van der Waals surface area contributed by atoms with E-state index in [2.05, 4.69) is 21.3 Å². The van der Waals surface area contributed by atoms with E-state index in [1.54, 1.807) is 21.3 Å². The van der Waals surface area contributed by atoms with Crippen LogP contribution in [0.15, 0.2) is 48.7 Å². The average molecular weight is 406 g/mol. The zero-order valence-corrected chi connectivity index (χ0v) is 17.5. The van der Waals surface area contributed by atoms with Crippen LogP contribution in [0.25, 0.3) is 0 Å². The first-order chi connectivity index (χ1) is 14.7. The minimum Gasteiger partial charge on any atom is -0.495 e. The fourth-order valence-corrected chi connectivity index (χ4v) is 3.68. The van der Waals surface area contributed by atoms with Crippen LogP contribution in [-0.4, -0.2) is 42.7 Å². The van der Waals surface area contributed by atoms with Crippen LogP contribution in [0.4, 0.5) is 11.6 Å². The fourth-order valence-electron chi connectivity index (χ4n) is 3.68. The standard InChI is InChI=1S/C23H26N4O3/c1-28-20-7-5-4-6-19(20)26-23-24-13-17-15-27(11-10-18(17)25-23)14-16-8-9-21(29-2)22(12-16)30-3/h4-9,12-13H,10-11,14-15H2,1-3H3,(H,24,25,26). The second kappa shape index (κ2) is 9.00. The summed E-state index contributed by atoms with van der Waals surface area (Å²) in [5.74, 6) is 2.85. The lowest BCUT2D eigenvalue weighted by atomic mass is 10.1. The average Bonchev–Trinajstić information content (AvgIpc) is 2.79. The monoisotopic (exact) mass is 406 g/mol. The van der Waals surface area contributed by atoms with E-state index in [4.69, 9.17) is 19.2 Å². The van der Waals surface area contributed by atoms with Crippen molar-refractivity contribution < 1.29 is 14.2 Å². The molecule has 7 heteroatoms. The molecule has 156 valence electrons. The summed E-state index contributed by atoms with van der Waals surface area (Å²) in [6.45, 7) is 2.59. The van der Waals surface area contributed by atoms with Gasteiger partial charge in [0.2, 0.25) is 5.95 Å². The maximum atomic E-state index is 5.42. The van der Waals surface area contributed by atoms with E-state index in [0.717, 1.165) is 60.2 Å². The lowest BCUT2D eigenvalue weighted by Gasteiger charge is -2.28. The molecule has 0 atom stereocenters. The van der Waals surface area contributed by atoms with Crippen molar-refractivity contribution in [2.75, 3.05) is 33.2 Å². The molecule has 1 N–H and O–H groups in total. The Morgan fingerprint density at radius 2 is 1.77 bits per heavy atom. The number of nitrogens with zero attached hydrogens (tertiary/aromatic N) is 3. The van der Waals surface area contributed by atoms with E-state index < -0.39 is 0 Å². The molecule has 0 radical (unpaired) electrons. The van der Waals surface area contributed by atoms with Gasteiger partial charge in [-0.25, -0.2) is 9.97 Å². The van der Waals surface area contributed by atoms with E-state index >= 15 is 0 Å². The molecule has 0 unspecified atom stereocenters. The SMILES string of the molecule is COc1ccccc1Nc1ncc2c(n1)CCN(Cc1ccc(OC)c(OC)c1)C2. The molecule has 1 aliphatic heterocycles. The van der Waals surface area contributed by atoms with Crippen LogP contribution in [0.5, 0.6) is 17.2 Å². The van der Waals surface area contributed by atoms with Crippen molar-refractivity contribution in [1.29, 1.82) is 0 Å². The quantitative estimate of drug-likeness (QED) is 0.640. The molecule has 2 heterocycles. The van der Waals surface area contributed by atoms with Gasteiger partial charge in [0.05, 0.1) is 32.7 Å². The Morgan fingerprint density at radius 1 is 0.967 bits per heavy atom. The molecule has 0 spiro atoms. The molecular weight excluding hydrogens is 380 g/mol. The maximum Gasteiger partial charge on any atom is 0.227 e. The highest BCUT2D eigenvalue weighted by molar-refractivity contribution is 5.62. The van der Waals surface area contributed by atoms with E-state index in [-0.39, 0.29) is 0 Å². The van der Waals surface area contributed by atoms with Crippen LogP contribution >= 0.6 is 0 Å². The summed E-state index contributed by atoms with van der Waals surface area (Å²) in [4.78, 5) is 11.6. The van der Waals surface area contributed by atoms with E-state index in [1.807, 2.05) is 42.6 Å². The molecule has 0 amide bonds. The number of para-hydroxylation sites is 2. The third-order valence-electron chi connectivity index (χ3n) is 5.22. The van der Waals surface area contributed by atoms with Gasteiger partial charge < -0.3 is 19.5 Å². The number of fused-ring (bicyclic) bond motifs is 1. The molecular formula is C23H26N4O3. The molecule has 1 aromatic heterocycles. The largest absolute Gasteiger partial charge is 0.495 e. The molecule has 0 fully saturated rings. The number of hydrogen-bond donors (Lipinski definition) is 1. The van der Waals surface area contributed by atoms with E-state index in [0.29, 0.717) is 5.95 Å². The first-order valence-electron chi connectivity index (χ1n) is 9.88. The first-order valence-corrected chi connectivity index (χ1v) is 9.88. The summed E-state index contributed by atoms with van der Waals surface area (Å²) >= 11 is 0. The van der Waals surface area contributed by atoms with Gasteiger partial charge in [0.15, 0.2) is 11.5 Å². The molecule has 0 bridgehead atoms. The molecule has 7 nitrogen and oxygen atoms in total. The Balaban J connectivity index is 1.45. The Labute approximate surface area is 176 Å². The first kappa shape index (κ1) is 20.0. The predicted molar refractivity (Wildman–Crippen MR) is 116 cm³/mol. The summed E-state index contributed by atoms with van der Waals surface area (Å²) in [5, 5.41) is 3.26.